The monoisotopic (exact) mass is 398 g/mol. The van der Waals surface area contributed by atoms with Gasteiger partial charge in [0.2, 0.25) is 0 Å². The molecule has 1 aliphatic heterocycles. The first-order valence-corrected chi connectivity index (χ1v) is 11.9. The number of ketones is 1. The molecule has 0 aromatic rings. The lowest BCUT2D eigenvalue weighted by Crippen LogP contribution is -2.53. The lowest BCUT2D eigenvalue weighted by molar-refractivity contribution is -0.131. The Morgan fingerprint density at radius 3 is 2.59 bits per heavy atom. The van der Waals surface area contributed by atoms with Crippen LogP contribution < -0.4 is 5.32 Å². The second-order valence-electron chi connectivity index (χ2n) is 11.4. The molecule has 1 heterocycles. The quantitative estimate of drug-likeness (QED) is 0.532. The number of hydrogen-bond donors (Lipinski definition) is 1. The summed E-state index contributed by atoms with van der Waals surface area (Å²) in [4.78, 5) is 18.6. The highest BCUT2D eigenvalue weighted by atomic mass is 16.6. The van der Waals surface area contributed by atoms with Crippen LogP contribution in [0.1, 0.15) is 79.1 Å². The van der Waals surface area contributed by atoms with Crippen LogP contribution in [0.15, 0.2) is 16.8 Å². The van der Waals surface area contributed by atoms with Gasteiger partial charge in [0, 0.05) is 30.2 Å². The van der Waals surface area contributed by atoms with Gasteiger partial charge in [0.1, 0.15) is 11.9 Å². The van der Waals surface area contributed by atoms with E-state index in [1.54, 1.807) is 5.57 Å². The Morgan fingerprint density at radius 1 is 1.03 bits per heavy atom. The fraction of sp³-hybridized carbons (Fsp3) is 0.840. The third kappa shape index (κ3) is 2.80. The molecule has 3 saturated carbocycles. The molecule has 29 heavy (non-hydrogen) atoms. The van der Waals surface area contributed by atoms with Gasteiger partial charge in [-0.1, -0.05) is 44.5 Å². The summed E-state index contributed by atoms with van der Waals surface area (Å²) in [5.74, 6) is 2.54. The highest BCUT2D eigenvalue weighted by Gasteiger charge is 2.60. The Labute approximate surface area is 175 Å². The number of oxime groups is 1. The van der Waals surface area contributed by atoms with Crippen LogP contribution >= 0.6 is 0 Å². The number of nitrogens with zero attached hydrogens (tertiary/aromatic N) is 1. The van der Waals surface area contributed by atoms with Crippen LogP contribution in [0.25, 0.3) is 0 Å². The van der Waals surface area contributed by atoms with Gasteiger partial charge in [0.25, 0.3) is 0 Å². The van der Waals surface area contributed by atoms with E-state index in [-0.39, 0.29) is 22.3 Å². The molecule has 6 atom stereocenters. The number of fused-ring (bicyclic) bond motifs is 5. The Kier molecular flexibility index (Phi) is 4.55. The van der Waals surface area contributed by atoms with Gasteiger partial charge >= 0.3 is 0 Å². The van der Waals surface area contributed by atoms with Crippen molar-refractivity contribution < 1.29 is 9.63 Å². The van der Waals surface area contributed by atoms with Crippen LogP contribution in [0.2, 0.25) is 0 Å². The number of Topliss-reactive ketones (excluding diaryl/α,β-unsaturated/α-hetero) is 1. The zero-order valence-corrected chi connectivity index (χ0v) is 18.7. The van der Waals surface area contributed by atoms with Gasteiger partial charge in [0.05, 0.1) is 5.71 Å². The van der Waals surface area contributed by atoms with E-state index in [2.05, 4.69) is 39.1 Å². The van der Waals surface area contributed by atoms with Gasteiger partial charge in [-0.05, 0) is 68.2 Å². The highest BCUT2D eigenvalue weighted by molar-refractivity contribution is 5.93. The summed E-state index contributed by atoms with van der Waals surface area (Å²) >= 11 is 0. The van der Waals surface area contributed by atoms with Crippen LogP contribution in [0.3, 0.4) is 0 Å². The van der Waals surface area contributed by atoms with E-state index in [4.69, 9.17) is 9.99 Å². The number of hydrogen-bond acceptors (Lipinski definition) is 4. The average Bonchev–Trinajstić information content (AvgIpc) is 3.29. The number of carbonyl (C=O) groups excluding carboxylic acids is 1. The molecular formula is C25H38N2O2. The van der Waals surface area contributed by atoms with Gasteiger partial charge in [-0.15, -0.1) is 0 Å². The molecule has 1 N–H and O–H groups in total. The van der Waals surface area contributed by atoms with Gasteiger partial charge < -0.3 is 10.2 Å². The molecule has 0 bridgehead atoms. The molecule has 5 aliphatic rings. The molecule has 0 spiro atoms. The average molecular weight is 399 g/mol. The standard InChI is InChI=1S/C25H38N2O2/c1-23(2)20-7-5-17-18-6-8-22(28)25(18,4)12-9-19(17)24(20,3)13-10-21(23)27-29-16-11-14-26-15-16/h7,16-19,26H,5-6,8-15H2,1-4H3/b27-21-/t16-,17-,18-,19-,24+,25-/m0/s1. The van der Waals surface area contributed by atoms with Crippen molar-refractivity contribution in [3.63, 3.8) is 0 Å². The number of rotatable bonds is 2. The van der Waals surface area contributed by atoms with Crippen molar-refractivity contribution in [2.24, 2.45) is 39.2 Å². The summed E-state index contributed by atoms with van der Waals surface area (Å²) in [5, 5.41) is 8.07. The maximum absolute atomic E-state index is 12.6. The molecule has 0 amide bonds. The van der Waals surface area contributed by atoms with Gasteiger partial charge in [-0.25, -0.2) is 0 Å². The van der Waals surface area contributed by atoms with Crippen molar-refractivity contribution in [3.05, 3.63) is 11.6 Å². The number of carbonyl (C=O) groups is 1. The maximum Gasteiger partial charge on any atom is 0.141 e. The van der Waals surface area contributed by atoms with Crippen molar-refractivity contribution >= 4 is 11.5 Å². The summed E-state index contributed by atoms with van der Waals surface area (Å²) in [7, 11) is 0. The number of allylic oxidation sites excluding steroid dienone is 2. The van der Waals surface area contributed by atoms with E-state index in [1.807, 2.05) is 0 Å². The third-order valence-electron chi connectivity index (χ3n) is 9.78. The van der Waals surface area contributed by atoms with Crippen LogP contribution in [0.4, 0.5) is 0 Å². The van der Waals surface area contributed by atoms with Crippen molar-refractivity contribution in [3.8, 4) is 0 Å². The molecule has 160 valence electrons. The minimum Gasteiger partial charge on any atom is -0.391 e. The predicted octanol–water partition coefficient (Wildman–Crippen LogP) is 4.89. The van der Waals surface area contributed by atoms with Crippen molar-refractivity contribution in [1.82, 2.24) is 5.32 Å². The smallest absolute Gasteiger partial charge is 0.141 e. The Balaban J connectivity index is 1.43. The Bertz CT molecular complexity index is 763. The molecule has 4 heteroatoms. The number of nitrogens with one attached hydrogen (secondary N) is 1. The molecule has 4 nitrogen and oxygen atoms in total. The highest BCUT2D eigenvalue weighted by Crippen LogP contribution is 2.66. The third-order valence-corrected chi connectivity index (χ3v) is 9.78. The van der Waals surface area contributed by atoms with Crippen LogP contribution in [-0.2, 0) is 9.63 Å². The molecule has 0 unspecified atom stereocenters. The topological polar surface area (TPSA) is 50.7 Å². The molecule has 0 aromatic carbocycles. The van der Waals surface area contributed by atoms with Gasteiger partial charge in [-0.3, -0.25) is 4.79 Å². The van der Waals surface area contributed by atoms with E-state index in [1.165, 1.54) is 18.6 Å². The minimum atomic E-state index is -0.0389. The first kappa shape index (κ1) is 19.8. The van der Waals surface area contributed by atoms with Crippen molar-refractivity contribution in [2.75, 3.05) is 13.1 Å². The fourth-order valence-corrected chi connectivity index (χ4v) is 8.02. The van der Waals surface area contributed by atoms with E-state index in [0.717, 1.165) is 51.6 Å². The second-order valence-corrected chi connectivity index (χ2v) is 11.4. The molecule has 1 saturated heterocycles. The van der Waals surface area contributed by atoms with Crippen LogP contribution in [-0.4, -0.2) is 30.7 Å². The predicted molar refractivity (Wildman–Crippen MR) is 116 cm³/mol. The summed E-state index contributed by atoms with van der Waals surface area (Å²) in [6, 6.07) is 0. The first-order valence-electron chi connectivity index (χ1n) is 11.9. The zero-order chi connectivity index (χ0) is 20.4. The summed E-state index contributed by atoms with van der Waals surface area (Å²) < 4.78 is 0. The summed E-state index contributed by atoms with van der Waals surface area (Å²) in [6.07, 6.45) is 11.4. The van der Waals surface area contributed by atoms with Crippen LogP contribution in [0.5, 0.6) is 0 Å². The SMILES string of the molecule is CC1(C)C2=CC[C@@H]3[C@H](CC[C@]4(C)C(=O)CC[C@@H]34)[C@@]2(C)CC/C1=N/O[C@H]1CCNC1. The normalized spacial score (nSPS) is 47.4. The Morgan fingerprint density at radius 2 is 1.83 bits per heavy atom. The first-order chi connectivity index (χ1) is 13.8. The molecule has 4 fully saturated rings. The molecular weight excluding hydrogens is 360 g/mol. The van der Waals surface area contributed by atoms with E-state index >= 15 is 0 Å². The largest absolute Gasteiger partial charge is 0.391 e. The summed E-state index contributed by atoms with van der Waals surface area (Å²) in [5.41, 5.74) is 2.99. The second kappa shape index (κ2) is 6.67. The zero-order valence-electron chi connectivity index (χ0n) is 18.7. The maximum atomic E-state index is 12.6. The van der Waals surface area contributed by atoms with E-state index in [0.29, 0.717) is 23.5 Å². The van der Waals surface area contributed by atoms with Gasteiger partial charge in [-0.2, -0.15) is 0 Å². The Hall–Kier alpha value is -1.16. The minimum absolute atomic E-state index is 0.0315. The van der Waals surface area contributed by atoms with E-state index in [9.17, 15) is 4.79 Å². The van der Waals surface area contributed by atoms with E-state index < -0.39 is 0 Å². The molecule has 4 aliphatic carbocycles. The lowest BCUT2D eigenvalue weighted by Gasteiger charge is -2.59. The van der Waals surface area contributed by atoms with Gasteiger partial charge in [0.15, 0.2) is 0 Å². The molecule has 0 aromatic heterocycles. The lowest BCUT2D eigenvalue weighted by atomic mass is 9.45. The fourth-order valence-electron chi connectivity index (χ4n) is 8.02. The molecule has 0 radical (unpaired) electrons. The summed E-state index contributed by atoms with van der Waals surface area (Å²) in [6.45, 7) is 11.5. The van der Waals surface area contributed by atoms with Crippen molar-refractivity contribution in [1.29, 1.82) is 0 Å². The van der Waals surface area contributed by atoms with Crippen LogP contribution in [0, 0.1) is 34.0 Å². The van der Waals surface area contributed by atoms with Crippen molar-refractivity contribution in [2.45, 2.75) is 85.2 Å². The molecule has 5 rings (SSSR count).